The highest BCUT2D eigenvalue weighted by molar-refractivity contribution is 5.29. The fourth-order valence-electron chi connectivity index (χ4n) is 2.12. The van der Waals surface area contributed by atoms with Crippen LogP contribution in [-0.2, 0) is 0 Å². The average molecular weight is 273 g/mol. The fraction of sp³-hybridized carbons (Fsp3) is 0.294. The molecule has 0 aliphatic rings. The molecule has 3 heteroatoms. The fourth-order valence-corrected chi connectivity index (χ4v) is 2.12. The summed E-state index contributed by atoms with van der Waals surface area (Å²) in [6.45, 7) is 3.74. The smallest absolute Gasteiger partial charge is 0.129 e. The van der Waals surface area contributed by atoms with Crippen LogP contribution < -0.4 is 10.5 Å². The van der Waals surface area contributed by atoms with Gasteiger partial charge in [-0.15, -0.1) is 0 Å². The lowest BCUT2D eigenvalue weighted by atomic mass is 10.0. The van der Waals surface area contributed by atoms with Crippen molar-refractivity contribution in [2.75, 3.05) is 0 Å². The summed E-state index contributed by atoms with van der Waals surface area (Å²) in [6.07, 6.45) is 0.574. The Balaban J connectivity index is 2.14. The van der Waals surface area contributed by atoms with Crippen LogP contribution >= 0.6 is 0 Å². The Morgan fingerprint density at radius 3 is 2.45 bits per heavy atom. The van der Waals surface area contributed by atoms with Crippen LogP contribution in [0.2, 0.25) is 0 Å². The van der Waals surface area contributed by atoms with E-state index in [0.717, 1.165) is 12.0 Å². The van der Waals surface area contributed by atoms with Crippen molar-refractivity contribution in [3.63, 3.8) is 0 Å². The predicted octanol–water partition coefficient (Wildman–Crippen LogP) is 3.99. The summed E-state index contributed by atoms with van der Waals surface area (Å²) in [5.74, 6) is 0.261. The number of nitrogens with two attached hydrogens (primary N) is 1. The van der Waals surface area contributed by atoms with Crippen LogP contribution in [0.1, 0.15) is 30.5 Å². The molecular weight excluding hydrogens is 253 g/mol. The summed E-state index contributed by atoms with van der Waals surface area (Å²) in [5.41, 5.74) is 7.88. The summed E-state index contributed by atoms with van der Waals surface area (Å²) in [6, 6.07) is 14.5. The lowest BCUT2D eigenvalue weighted by molar-refractivity contribution is 0.166. The topological polar surface area (TPSA) is 35.2 Å². The van der Waals surface area contributed by atoms with Crippen LogP contribution in [0.3, 0.4) is 0 Å². The standard InChI is InChI=1S/C17H20FNO/c1-3-16(17(19)13-7-5-4-6-8-13)20-14-10-9-12(2)15(18)11-14/h4-11,16-17H,3,19H2,1-2H3. The van der Waals surface area contributed by atoms with Crippen LogP contribution in [0.15, 0.2) is 48.5 Å². The number of aryl methyl sites for hydroxylation is 1. The van der Waals surface area contributed by atoms with Gasteiger partial charge in [0.25, 0.3) is 0 Å². The Morgan fingerprint density at radius 1 is 1.15 bits per heavy atom. The molecule has 0 saturated carbocycles. The van der Waals surface area contributed by atoms with Crippen molar-refractivity contribution in [2.24, 2.45) is 5.73 Å². The van der Waals surface area contributed by atoms with Gasteiger partial charge >= 0.3 is 0 Å². The normalized spacial score (nSPS) is 13.8. The number of ether oxygens (including phenoxy) is 1. The van der Waals surface area contributed by atoms with Gasteiger partial charge in [0.2, 0.25) is 0 Å². The molecule has 2 N–H and O–H groups in total. The summed E-state index contributed by atoms with van der Waals surface area (Å²) < 4.78 is 19.4. The second-order valence-corrected chi connectivity index (χ2v) is 4.91. The minimum absolute atomic E-state index is 0.181. The number of benzene rings is 2. The summed E-state index contributed by atoms with van der Waals surface area (Å²) >= 11 is 0. The van der Waals surface area contributed by atoms with Crippen molar-refractivity contribution in [1.82, 2.24) is 0 Å². The van der Waals surface area contributed by atoms with E-state index in [1.54, 1.807) is 19.1 Å². The molecule has 0 aliphatic heterocycles. The molecule has 106 valence electrons. The molecule has 20 heavy (non-hydrogen) atoms. The monoisotopic (exact) mass is 273 g/mol. The highest BCUT2D eigenvalue weighted by atomic mass is 19.1. The van der Waals surface area contributed by atoms with Gasteiger partial charge in [0.1, 0.15) is 17.7 Å². The molecule has 2 unspecified atom stereocenters. The summed E-state index contributed by atoms with van der Waals surface area (Å²) in [5, 5.41) is 0. The third-order valence-corrected chi connectivity index (χ3v) is 3.42. The van der Waals surface area contributed by atoms with Crippen molar-refractivity contribution in [3.8, 4) is 5.75 Å². The summed E-state index contributed by atoms with van der Waals surface area (Å²) in [4.78, 5) is 0. The van der Waals surface area contributed by atoms with Gasteiger partial charge in [-0.1, -0.05) is 43.3 Å². The minimum Gasteiger partial charge on any atom is -0.488 e. The van der Waals surface area contributed by atoms with Crippen molar-refractivity contribution in [1.29, 1.82) is 0 Å². The van der Waals surface area contributed by atoms with E-state index in [1.165, 1.54) is 6.07 Å². The quantitative estimate of drug-likeness (QED) is 0.894. The Morgan fingerprint density at radius 2 is 1.85 bits per heavy atom. The molecule has 0 radical (unpaired) electrons. The van der Waals surface area contributed by atoms with Crippen LogP contribution in [0.5, 0.6) is 5.75 Å². The van der Waals surface area contributed by atoms with Crippen molar-refractivity contribution < 1.29 is 9.13 Å². The molecule has 2 nitrogen and oxygen atoms in total. The molecule has 0 amide bonds. The molecule has 0 saturated heterocycles. The number of halogens is 1. The molecule has 0 aromatic heterocycles. The van der Waals surface area contributed by atoms with Gasteiger partial charge in [0.15, 0.2) is 0 Å². The maximum absolute atomic E-state index is 13.5. The second kappa shape index (κ2) is 6.53. The van der Waals surface area contributed by atoms with Gasteiger partial charge in [0.05, 0.1) is 6.04 Å². The first-order valence-electron chi connectivity index (χ1n) is 6.85. The highest BCUT2D eigenvalue weighted by Gasteiger charge is 2.19. The lowest BCUT2D eigenvalue weighted by Gasteiger charge is -2.24. The van der Waals surface area contributed by atoms with Crippen LogP contribution in [0, 0.1) is 12.7 Å². The molecule has 0 heterocycles. The zero-order valence-electron chi connectivity index (χ0n) is 11.8. The first kappa shape index (κ1) is 14.5. The largest absolute Gasteiger partial charge is 0.488 e. The molecular formula is C17H20FNO. The second-order valence-electron chi connectivity index (χ2n) is 4.91. The molecule has 2 aromatic carbocycles. The first-order valence-corrected chi connectivity index (χ1v) is 6.85. The van der Waals surface area contributed by atoms with Crippen LogP contribution in [0.4, 0.5) is 4.39 Å². The predicted molar refractivity (Wildman–Crippen MR) is 79.2 cm³/mol. The Hall–Kier alpha value is -1.87. The SMILES string of the molecule is CCC(Oc1ccc(C)c(F)c1)C(N)c1ccccc1. The van der Waals surface area contributed by atoms with E-state index in [0.29, 0.717) is 11.3 Å². The molecule has 0 fully saturated rings. The molecule has 2 atom stereocenters. The van der Waals surface area contributed by atoms with Crippen LogP contribution in [0.25, 0.3) is 0 Å². The average Bonchev–Trinajstić information content (AvgIpc) is 2.48. The maximum atomic E-state index is 13.5. The molecule has 2 rings (SSSR count). The third kappa shape index (κ3) is 3.36. The summed E-state index contributed by atoms with van der Waals surface area (Å²) in [7, 11) is 0. The van der Waals surface area contributed by atoms with Crippen LogP contribution in [-0.4, -0.2) is 6.10 Å². The third-order valence-electron chi connectivity index (χ3n) is 3.42. The maximum Gasteiger partial charge on any atom is 0.129 e. The Kier molecular flexibility index (Phi) is 4.74. The van der Waals surface area contributed by atoms with E-state index < -0.39 is 0 Å². The Bertz CT molecular complexity index is 556. The highest BCUT2D eigenvalue weighted by Crippen LogP contribution is 2.23. The lowest BCUT2D eigenvalue weighted by Crippen LogP contribution is -2.30. The first-order chi connectivity index (χ1) is 9.61. The zero-order valence-corrected chi connectivity index (χ0v) is 11.8. The van der Waals surface area contributed by atoms with E-state index in [2.05, 4.69) is 0 Å². The van der Waals surface area contributed by atoms with Gasteiger partial charge in [-0.05, 0) is 30.5 Å². The van der Waals surface area contributed by atoms with Gasteiger partial charge in [-0.25, -0.2) is 4.39 Å². The molecule has 0 spiro atoms. The molecule has 0 bridgehead atoms. The van der Waals surface area contributed by atoms with E-state index in [4.69, 9.17) is 10.5 Å². The number of hydrogen-bond acceptors (Lipinski definition) is 2. The van der Waals surface area contributed by atoms with E-state index in [-0.39, 0.29) is 18.0 Å². The van der Waals surface area contributed by atoms with Crippen molar-refractivity contribution in [2.45, 2.75) is 32.4 Å². The zero-order chi connectivity index (χ0) is 14.5. The van der Waals surface area contributed by atoms with Crippen molar-refractivity contribution >= 4 is 0 Å². The van der Waals surface area contributed by atoms with E-state index in [1.807, 2.05) is 37.3 Å². The van der Waals surface area contributed by atoms with Gasteiger partial charge in [-0.3, -0.25) is 0 Å². The molecule has 2 aromatic rings. The molecule has 0 aliphatic carbocycles. The van der Waals surface area contributed by atoms with E-state index in [9.17, 15) is 4.39 Å². The number of rotatable bonds is 5. The van der Waals surface area contributed by atoms with Gasteiger partial charge in [-0.2, -0.15) is 0 Å². The number of hydrogen-bond donors (Lipinski definition) is 1. The Labute approximate surface area is 119 Å². The van der Waals surface area contributed by atoms with Crippen molar-refractivity contribution in [3.05, 3.63) is 65.5 Å². The van der Waals surface area contributed by atoms with Gasteiger partial charge < -0.3 is 10.5 Å². The van der Waals surface area contributed by atoms with Gasteiger partial charge in [0, 0.05) is 6.07 Å². The minimum atomic E-state index is -0.259. The van der Waals surface area contributed by atoms with E-state index >= 15 is 0 Å².